The third-order valence-electron chi connectivity index (χ3n) is 3.12. The van der Waals surface area contributed by atoms with Crippen LogP contribution in [0.3, 0.4) is 0 Å². The maximum absolute atomic E-state index is 9.28. The van der Waals surface area contributed by atoms with Gasteiger partial charge in [0, 0.05) is 0 Å². The van der Waals surface area contributed by atoms with E-state index >= 15 is 0 Å². The summed E-state index contributed by atoms with van der Waals surface area (Å²) in [4.78, 5) is 0. The van der Waals surface area contributed by atoms with Crippen LogP contribution in [0.1, 0.15) is 37.0 Å². The van der Waals surface area contributed by atoms with E-state index in [0.717, 1.165) is 29.8 Å². The molecule has 0 bridgehead atoms. The number of nitriles is 1. The van der Waals surface area contributed by atoms with Gasteiger partial charge in [-0.05, 0) is 51.8 Å². The molecular formula is C16H24N2O. The second-order valence-electron chi connectivity index (χ2n) is 5.39. The third-order valence-corrected chi connectivity index (χ3v) is 3.12. The molecule has 104 valence electrons. The summed E-state index contributed by atoms with van der Waals surface area (Å²) in [7, 11) is 0. The first kappa shape index (κ1) is 15.5. The fraction of sp³-hybridized carbons (Fsp3) is 0.562. The number of ether oxygens (including phenoxy) is 1. The summed E-state index contributed by atoms with van der Waals surface area (Å²) in [6.45, 7) is 11.3. The molecule has 0 radical (unpaired) electrons. The zero-order chi connectivity index (χ0) is 14.5. The minimum atomic E-state index is -0.639. The van der Waals surface area contributed by atoms with Gasteiger partial charge < -0.3 is 4.74 Å². The molecule has 3 nitrogen and oxygen atoms in total. The maximum atomic E-state index is 9.28. The average Bonchev–Trinajstić information content (AvgIpc) is 2.35. The molecule has 1 rings (SSSR count). The molecule has 1 aromatic carbocycles. The van der Waals surface area contributed by atoms with Crippen molar-refractivity contribution in [3.05, 3.63) is 28.8 Å². The highest BCUT2D eigenvalue weighted by molar-refractivity contribution is 5.43. The third kappa shape index (κ3) is 4.25. The molecule has 3 heteroatoms. The minimum Gasteiger partial charge on any atom is -0.490 e. The lowest BCUT2D eigenvalue weighted by atomic mass is 10.0. The van der Waals surface area contributed by atoms with E-state index in [2.05, 4.69) is 37.4 Å². The van der Waals surface area contributed by atoms with Gasteiger partial charge in [0.25, 0.3) is 0 Å². The molecule has 0 aliphatic heterocycles. The Hall–Kier alpha value is -1.53. The molecule has 0 saturated carbocycles. The lowest BCUT2D eigenvalue weighted by Gasteiger charge is -2.24. The van der Waals surface area contributed by atoms with Crippen LogP contribution in [-0.4, -0.2) is 18.7 Å². The topological polar surface area (TPSA) is 45.0 Å². The fourth-order valence-electron chi connectivity index (χ4n) is 2.13. The molecule has 0 aliphatic rings. The van der Waals surface area contributed by atoms with Crippen molar-refractivity contribution < 1.29 is 4.74 Å². The smallest absolute Gasteiger partial charge is 0.138 e. The van der Waals surface area contributed by atoms with Crippen LogP contribution >= 0.6 is 0 Å². The van der Waals surface area contributed by atoms with Gasteiger partial charge in [-0.25, -0.2) is 0 Å². The minimum absolute atomic E-state index is 0.355. The number of hydrogen-bond donors (Lipinski definition) is 1. The van der Waals surface area contributed by atoms with Crippen LogP contribution in [0.15, 0.2) is 12.1 Å². The van der Waals surface area contributed by atoms with Gasteiger partial charge in [-0.3, -0.25) is 5.32 Å². The molecule has 1 aromatic rings. The Kier molecular flexibility index (Phi) is 5.38. The van der Waals surface area contributed by atoms with E-state index in [-0.39, 0.29) is 0 Å². The van der Waals surface area contributed by atoms with Crippen molar-refractivity contribution in [2.45, 2.75) is 46.6 Å². The normalized spacial score (nSPS) is 13.7. The summed E-state index contributed by atoms with van der Waals surface area (Å²) in [6.07, 6.45) is 1.000. The van der Waals surface area contributed by atoms with Crippen molar-refractivity contribution in [3.8, 4) is 11.8 Å². The highest BCUT2D eigenvalue weighted by Crippen LogP contribution is 2.25. The largest absolute Gasteiger partial charge is 0.490 e. The Morgan fingerprint density at radius 3 is 2.32 bits per heavy atom. The monoisotopic (exact) mass is 260 g/mol. The lowest BCUT2D eigenvalue weighted by molar-refractivity contribution is 0.232. The van der Waals surface area contributed by atoms with Crippen LogP contribution < -0.4 is 10.1 Å². The average molecular weight is 260 g/mol. The van der Waals surface area contributed by atoms with Gasteiger partial charge in [-0.1, -0.05) is 24.6 Å². The van der Waals surface area contributed by atoms with Crippen molar-refractivity contribution in [2.75, 3.05) is 13.2 Å². The summed E-state index contributed by atoms with van der Waals surface area (Å²) in [5, 5.41) is 12.5. The van der Waals surface area contributed by atoms with Crippen LogP contribution in [-0.2, 0) is 0 Å². The molecule has 0 saturated heterocycles. The standard InChI is InChI=1S/C16H24N2O/c1-6-7-18-16(5,10-17)11-19-15-13(3)8-12(2)9-14(15)4/h8-9,18H,6-7,11H2,1-5H3. The Bertz CT molecular complexity index is 453. The second kappa shape index (κ2) is 6.58. The fourth-order valence-corrected chi connectivity index (χ4v) is 2.13. The number of hydrogen-bond acceptors (Lipinski definition) is 3. The van der Waals surface area contributed by atoms with Crippen molar-refractivity contribution in [2.24, 2.45) is 0 Å². The van der Waals surface area contributed by atoms with E-state index in [4.69, 9.17) is 4.74 Å². The molecule has 0 aliphatic carbocycles. The number of nitrogens with zero attached hydrogens (tertiary/aromatic N) is 1. The quantitative estimate of drug-likeness (QED) is 0.853. The second-order valence-corrected chi connectivity index (χ2v) is 5.39. The number of aryl methyl sites for hydroxylation is 3. The van der Waals surface area contributed by atoms with Gasteiger partial charge in [0.05, 0.1) is 6.07 Å². The number of nitrogens with one attached hydrogen (secondary N) is 1. The van der Waals surface area contributed by atoms with Crippen LogP contribution in [0.2, 0.25) is 0 Å². The van der Waals surface area contributed by atoms with Gasteiger partial charge in [-0.15, -0.1) is 0 Å². The van der Waals surface area contributed by atoms with Gasteiger partial charge in [0.15, 0.2) is 0 Å². The number of rotatable bonds is 6. The maximum Gasteiger partial charge on any atom is 0.138 e. The predicted molar refractivity (Wildman–Crippen MR) is 78.5 cm³/mol. The molecule has 0 amide bonds. The van der Waals surface area contributed by atoms with Crippen LogP contribution in [0.5, 0.6) is 5.75 Å². The summed E-state index contributed by atoms with van der Waals surface area (Å²) < 4.78 is 5.89. The summed E-state index contributed by atoms with van der Waals surface area (Å²) in [5.74, 6) is 0.894. The highest BCUT2D eigenvalue weighted by Gasteiger charge is 2.24. The van der Waals surface area contributed by atoms with Crippen molar-refractivity contribution in [1.29, 1.82) is 5.26 Å². The summed E-state index contributed by atoms with van der Waals surface area (Å²) in [5.41, 5.74) is 2.83. The van der Waals surface area contributed by atoms with E-state index in [1.165, 1.54) is 5.56 Å². The van der Waals surface area contributed by atoms with E-state index in [1.807, 2.05) is 20.8 Å². The SMILES string of the molecule is CCCNC(C)(C#N)COc1c(C)cc(C)cc1C. The first-order valence-corrected chi connectivity index (χ1v) is 6.79. The Morgan fingerprint density at radius 1 is 1.26 bits per heavy atom. The molecule has 0 spiro atoms. The van der Waals surface area contributed by atoms with E-state index in [1.54, 1.807) is 0 Å². The lowest BCUT2D eigenvalue weighted by Crippen LogP contribution is -2.46. The molecule has 1 N–H and O–H groups in total. The van der Waals surface area contributed by atoms with Crippen molar-refractivity contribution in [3.63, 3.8) is 0 Å². The molecule has 0 aromatic heterocycles. The molecule has 1 unspecified atom stereocenters. The Morgan fingerprint density at radius 2 is 1.84 bits per heavy atom. The first-order chi connectivity index (χ1) is 8.91. The highest BCUT2D eigenvalue weighted by atomic mass is 16.5. The van der Waals surface area contributed by atoms with Crippen LogP contribution in [0.25, 0.3) is 0 Å². The Labute approximate surface area is 116 Å². The van der Waals surface area contributed by atoms with Gasteiger partial charge in [0.1, 0.15) is 17.9 Å². The number of benzene rings is 1. The summed E-state index contributed by atoms with van der Waals surface area (Å²) in [6, 6.07) is 6.50. The molecule has 0 heterocycles. The molecular weight excluding hydrogens is 236 g/mol. The van der Waals surface area contributed by atoms with Gasteiger partial charge >= 0.3 is 0 Å². The van der Waals surface area contributed by atoms with E-state index < -0.39 is 5.54 Å². The van der Waals surface area contributed by atoms with Crippen LogP contribution in [0.4, 0.5) is 0 Å². The molecule has 1 atom stereocenters. The van der Waals surface area contributed by atoms with Crippen molar-refractivity contribution >= 4 is 0 Å². The summed E-state index contributed by atoms with van der Waals surface area (Å²) >= 11 is 0. The molecule has 0 fully saturated rings. The van der Waals surface area contributed by atoms with Gasteiger partial charge in [0.2, 0.25) is 0 Å². The molecule has 19 heavy (non-hydrogen) atoms. The van der Waals surface area contributed by atoms with E-state index in [0.29, 0.717) is 6.61 Å². The predicted octanol–water partition coefficient (Wildman–Crippen LogP) is 3.27. The van der Waals surface area contributed by atoms with Crippen molar-refractivity contribution in [1.82, 2.24) is 5.32 Å². The van der Waals surface area contributed by atoms with Crippen LogP contribution in [0, 0.1) is 32.1 Å². The zero-order valence-electron chi connectivity index (χ0n) is 12.6. The Balaban J connectivity index is 2.78. The zero-order valence-corrected chi connectivity index (χ0v) is 12.6. The van der Waals surface area contributed by atoms with Gasteiger partial charge in [-0.2, -0.15) is 5.26 Å². The van der Waals surface area contributed by atoms with E-state index in [9.17, 15) is 5.26 Å². The first-order valence-electron chi connectivity index (χ1n) is 6.79.